The normalized spacial score (nSPS) is 16.7. The summed E-state index contributed by atoms with van der Waals surface area (Å²) in [5, 5.41) is 0. The zero-order chi connectivity index (χ0) is 9.80. The van der Waals surface area contributed by atoms with E-state index in [1.807, 2.05) is 0 Å². The molecule has 14 heavy (non-hydrogen) atoms. The number of hydrogen-bond acceptors (Lipinski definition) is 5. The number of carbonyl (C=O) groups is 1. The fourth-order valence-electron chi connectivity index (χ4n) is 1.37. The molecule has 1 aromatic heterocycles. The molecule has 1 aliphatic heterocycles. The second-order valence-electron chi connectivity index (χ2n) is 3.02. The van der Waals surface area contributed by atoms with Gasteiger partial charge in [0.05, 0.1) is 25.6 Å². The summed E-state index contributed by atoms with van der Waals surface area (Å²) in [4.78, 5) is 20.7. The van der Waals surface area contributed by atoms with E-state index >= 15 is 0 Å². The van der Waals surface area contributed by atoms with Crippen molar-refractivity contribution in [3.8, 4) is 0 Å². The molecule has 0 N–H and O–H groups in total. The summed E-state index contributed by atoms with van der Waals surface area (Å²) >= 11 is 0. The van der Waals surface area contributed by atoms with Crippen LogP contribution in [0.1, 0.15) is 10.5 Å². The Morgan fingerprint density at radius 1 is 1.36 bits per heavy atom. The van der Waals surface area contributed by atoms with Crippen molar-refractivity contribution in [3.63, 3.8) is 0 Å². The molecule has 5 heteroatoms. The second kappa shape index (κ2) is 4.15. The molecule has 1 aromatic rings. The van der Waals surface area contributed by atoms with Crippen molar-refractivity contribution in [2.75, 3.05) is 31.2 Å². The lowest BCUT2D eigenvalue weighted by Gasteiger charge is -2.27. The van der Waals surface area contributed by atoms with Crippen molar-refractivity contribution in [3.05, 3.63) is 18.1 Å². The average molecular weight is 193 g/mol. The van der Waals surface area contributed by atoms with Crippen molar-refractivity contribution in [1.82, 2.24) is 9.97 Å². The minimum atomic E-state index is 0.369. The maximum atomic E-state index is 10.5. The Hall–Kier alpha value is -1.49. The highest BCUT2D eigenvalue weighted by Gasteiger charge is 2.12. The molecule has 0 unspecified atom stereocenters. The molecule has 2 rings (SSSR count). The van der Waals surface area contributed by atoms with Gasteiger partial charge in [-0.05, 0) is 0 Å². The van der Waals surface area contributed by atoms with Gasteiger partial charge in [0.25, 0.3) is 0 Å². The summed E-state index contributed by atoms with van der Waals surface area (Å²) in [6, 6.07) is 0. The van der Waals surface area contributed by atoms with Crippen LogP contribution in [0.3, 0.4) is 0 Å². The monoisotopic (exact) mass is 193 g/mol. The molecule has 1 saturated heterocycles. The van der Waals surface area contributed by atoms with Crippen LogP contribution in [-0.2, 0) is 4.74 Å². The molecule has 1 aliphatic rings. The van der Waals surface area contributed by atoms with E-state index in [4.69, 9.17) is 4.74 Å². The van der Waals surface area contributed by atoms with Gasteiger partial charge in [-0.3, -0.25) is 9.78 Å². The Kier molecular flexibility index (Phi) is 2.69. The van der Waals surface area contributed by atoms with Gasteiger partial charge in [0.2, 0.25) is 0 Å². The van der Waals surface area contributed by atoms with Crippen LogP contribution in [-0.4, -0.2) is 42.6 Å². The fraction of sp³-hybridized carbons (Fsp3) is 0.444. The molecule has 74 valence electrons. The molecule has 0 aliphatic carbocycles. The number of morpholine rings is 1. The summed E-state index contributed by atoms with van der Waals surface area (Å²) in [5.74, 6) is 0.748. The van der Waals surface area contributed by atoms with Crippen LogP contribution in [0.4, 0.5) is 5.82 Å². The van der Waals surface area contributed by atoms with Crippen LogP contribution in [0.5, 0.6) is 0 Å². The summed E-state index contributed by atoms with van der Waals surface area (Å²) in [7, 11) is 0. The van der Waals surface area contributed by atoms with E-state index in [-0.39, 0.29) is 0 Å². The average Bonchev–Trinajstić information content (AvgIpc) is 2.30. The minimum Gasteiger partial charge on any atom is -0.378 e. The topological polar surface area (TPSA) is 55.3 Å². The SMILES string of the molecule is O=Cc1cncc(N2CCOCC2)n1. The van der Waals surface area contributed by atoms with E-state index in [2.05, 4.69) is 14.9 Å². The maximum Gasteiger partial charge on any atom is 0.170 e. The first-order valence-electron chi connectivity index (χ1n) is 4.50. The first-order chi connectivity index (χ1) is 6.90. The van der Waals surface area contributed by atoms with Crippen LogP contribution in [0.2, 0.25) is 0 Å². The van der Waals surface area contributed by atoms with Gasteiger partial charge < -0.3 is 9.64 Å². The van der Waals surface area contributed by atoms with E-state index in [1.165, 1.54) is 6.20 Å². The van der Waals surface area contributed by atoms with Crippen LogP contribution >= 0.6 is 0 Å². The number of rotatable bonds is 2. The number of anilines is 1. The third kappa shape index (κ3) is 1.88. The molecular formula is C9H11N3O2. The maximum absolute atomic E-state index is 10.5. The van der Waals surface area contributed by atoms with E-state index < -0.39 is 0 Å². The molecule has 0 radical (unpaired) electrons. The second-order valence-corrected chi connectivity index (χ2v) is 3.02. The zero-order valence-corrected chi connectivity index (χ0v) is 7.72. The van der Waals surface area contributed by atoms with Crippen LogP contribution in [0, 0.1) is 0 Å². The number of hydrogen-bond donors (Lipinski definition) is 0. The van der Waals surface area contributed by atoms with Crippen LogP contribution in [0.25, 0.3) is 0 Å². The van der Waals surface area contributed by atoms with Gasteiger partial charge in [0.15, 0.2) is 6.29 Å². The smallest absolute Gasteiger partial charge is 0.170 e. The quantitative estimate of drug-likeness (QED) is 0.625. The van der Waals surface area contributed by atoms with Crippen LogP contribution < -0.4 is 4.90 Å². The predicted molar refractivity (Wildman–Crippen MR) is 50.5 cm³/mol. The molecule has 0 amide bonds. The number of ether oxygens (including phenoxy) is 1. The first-order valence-corrected chi connectivity index (χ1v) is 4.50. The summed E-state index contributed by atoms with van der Waals surface area (Å²) in [5.41, 5.74) is 0.369. The highest BCUT2D eigenvalue weighted by atomic mass is 16.5. The Labute approximate surface area is 81.7 Å². The Morgan fingerprint density at radius 3 is 2.86 bits per heavy atom. The van der Waals surface area contributed by atoms with Gasteiger partial charge >= 0.3 is 0 Å². The van der Waals surface area contributed by atoms with E-state index in [0.717, 1.165) is 18.9 Å². The zero-order valence-electron chi connectivity index (χ0n) is 7.72. The Bertz CT molecular complexity index is 324. The van der Waals surface area contributed by atoms with E-state index in [0.29, 0.717) is 25.2 Å². The van der Waals surface area contributed by atoms with Crippen molar-refractivity contribution in [2.45, 2.75) is 0 Å². The molecule has 0 saturated carbocycles. The van der Waals surface area contributed by atoms with Gasteiger partial charge in [-0.1, -0.05) is 0 Å². The Balaban J connectivity index is 2.17. The molecule has 5 nitrogen and oxygen atoms in total. The largest absolute Gasteiger partial charge is 0.378 e. The van der Waals surface area contributed by atoms with Gasteiger partial charge in [-0.15, -0.1) is 0 Å². The third-order valence-corrected chi connectivity index (χ3v) is 2.10. The highest BCUT2D eigenvalue weighted by molar-refractivity contribution is 5.71. The lowest BCUT2D eigenvalue weighted by molar-refractivity contribution is 0.111. The molecular weight excluding hydrogens is 182 g/mol. The molecule has 0 aromatic carbocycles. The molecule has 0 bridgehead atoms. The fourth-order valence-corrected chi connectivity index (χ4v) is 1.37. The van der Waals surface area contributed by atoms with E-state index in [9.17, 15) is 4.79 Å². The number of aldehydes is 1. The standard InChI is InChI=1S/C9H11N3O2/c13-7-8-5-10-6-9(11-8)12-1-3-14-4-2-12/h5-7H,1-4H2. The van der Waals surface area contributed by atoms with E-state index in [1.54, 1.807) is 6.20 Å². The first kappa shape index (κ1) is 9.08. The third-order valence-electron chi connectivity index (χ3n) is 2.10. The molecule has 0 spiro atoms. The highest BCUT2D eigenvalue weighted by Crippen LogP contribution is 2.10. The lowest BCUT2D eigenvalue weighted by atomic mass is 10.4. The molecule has 1 fully saturated rings. The predicted octanol–water partition coefficient (Wildman–Crippen LogP) is 0.126. The van der Waals surface area contributed by atoms with Gasteiger partial charge in [0.1, 0.15) is 11.5 Å². The van der Waals surface area contributed by atoms with Gasteiger partial charge in [0, 0.05) is 13.1 Å². The summed E-state index contributed by atoms with van der Waals surface area (Å²) in [6.07, 6.45) is 3.83. The molecule has 2 heterocycles. The van der Waals surface area contributed by atoms with Crippen LogP contribution in [0.15, 0.2) is 12.4 Å². The number of carbonyl (C=O) groups excluding carboxylic acids is 1. The lowest BCUT2D eigenvalue weighted by Crippen LogP contribution is -2.36. The number of aromatic nitrogens is 2. The summed E-state index contributed by atoms with van der Waals surface area (Å²) in [6.45, 7) is 3.01. The number of nitrogens with zero attached hydrogens (tertiary/aromatic N) is 3. The summed E-state index contributed by atoms with van der Waals surface area (Å²) < 4.78 is 5.22. The molecule has 0 atom stereocenters. The van der Waals surface area contributed by atoms with Crippen molar-refractivity contribution >= 4 is 12.1 Å². The van der Waals surface area contributed by atoms with Crippen molar-refractivity contribution in [1.29, 1.82) is 0 Å². The van der Waals surface area contributed by atoms with Crippen molar-refractivity contribution < 1.29 is 9.53 Å². The van der Waals surface area contributed by atoms with Crippen molar-refractivity contribution in [2.24, 2.45) is 0 Å². The Morgan fingerprint density at radius 2 is 2.14 bits per heavy atom. The van der Waals surface area contributed by atoms with Gasteiger partial charge in [-0.2, -0.15) is 0 Å². The minimum absolute atomic E-state index is 0.369. The van der Waals surface area contributed by atoms with Gasteiger partial charge in [-0.25, -0.2) is 4.98 Å².